The fraction of sp³-hybridized carbons (Fsp3) is 0.158. The average molecular weight is 320 g/mol. The van der Waals surface area contributed by atoms with Crippen molar-refractivity contribution in [2.75, 3.05) is 18.6 Å². The maximum Gasteiger partial charge on any atom is 0.263 e. The third-order valence-electron chi connectivity index (χ3n) is 4.46. The van der Waals surface area contributed by atoms with E-state index < -0.39 is 0 Å². The van der Waals surface area contributed by atoms with Gasteiger partial charge in [-0.3, -0.25) is 9.59 Å². The van der Waals surface area contributed by atoms with Crippen molar-refractivity contribution >= 4 is 22.5 Å². The lowest BCUT2D eigenvalue weighted by Gasteiger charge is -2.17. The number of methoxy groups -OCH3 is 1. The third-order valence-corrected chi connectivity index (χ3v) is 4.46. The van der Waals surface area contributed by atoms with Crippen molar-refractivity contribution in [1.29, 1.82) is 0 Å². The molecule has 0 saturated carbocycles. The Morgan fingerprint density at radius 3 is 2.83 bits per heavy atom. The lowest BCUT2D eigenvalue weighted by molar-refractivity contribution is 0.0988. The van der Waals surface area contributed by atoms with Crippen molar-refractivity contribution in [3.05, 3.63) is 70.0 Å². The van der Waals surface area contributed by atoms with E-state index in [-0.39, 0.29) is 16.9 Å². The van der Waals surface area contributed by atoms with Gasteiger partial charge in [0.05, 0.1) is 18.0 Å². The van der Waals surface area contributed by atoms with E-state index in [1.807, 2.05) is 24.3 Å². The molecule has 0 atom stereocenters. The summed E-state index contributed by atoms with van der Waals surface area (Å²) in [5, 5.41) is 0.452. The number of hydrogen-bond acceptors (Lipinski definition) is 3. The topological polar surface area (TPSA) is 62.4 Å². The molecule has 3 aromatic rings. The van der Waals surface area contributed by atoms with Crippen LogP contribution in [0.2, 0.25) is 0 Å². The Hall–Kier alpha value is -3.08. The number of aromatic nitrogens is 1. The van der Waals surface area contributed by atoms with Crippen LogP contribution in [-0.4, -0.2) is 24.5 Å². The summed E-state index contributed by atoms with van der Waals surface area (Å²) in [5.74, 6) is 0.307. The molecule has 1 aromatic heterocycles. The largest absolute Gasteiger partial charge is 0.495 e. The molecule has 5 heteroatoms. The van der Waals surface area contributed by atoms with E-state index in [1.165, 1.54) is 6.20 Å². The van der Waals surface area contributed by atoms with Crippen LogP contribution in [0, 0.1) is 0 Å². The van der Waals surface area contributed by atoms with Crippen molar-refractivity contribution < 1.29 is 9.53 Å². The van der Waals surface area contributed by atoms with E-state index in [0.29, 0.717) is 23.2 Å². The first-order chi connectivity index (χ1) is 11.7. The Morgan fingerprint density at radius 2 is 2.00 bits per heavy atom. The molecule has 1 aliphatic rings. The Kier molecular flexibility index (Phi) is 3.34. The van der Waals surface area contributed by atoms with Crippen LogP contribution in [0.4, 0.5) is 5.69 Å². The Balaban J connectivity index is 1.82. The minimum atomic E-state index is -0.281. The zero-order valence-corrected chi connectivity index (χ0v) is 13.2. The number of H-pyrrole nitrogens is 1. The number of pyridine rings is 1. The molecule has 24 heavy (non-hydrogen) atoms. The molecule has 1 N–H and O–H groups in total. The third kappa shape index (κ3) is 2.09. The van der Waals surface area contributed by atoms with Crippen LogP contribution in [0.25, 0.3) is 10.9 Å². The number of benzene rings is 2. The normalized spacial score (nSPS) is 13.1. The first-order valence-corrected chi connectivity index (χ1v) is 7.79. The molecule has 0 bridgehead atoms. The zero-order valence-electron chi connectivity index (χ0n) is 13.2. The highest BCUT2D eigenvalue weighted by molar-refractivity contribution is 6.08. The summed E-state index contributed by atoms with van der Waals surface area (Å²) in [6.45, 7) is 0.591. The standard InChI is InChI=1S/C19H16N2O3/c1-24-16-8-4-6-13-17(16)20-11-14(18(13)22)19(23)21-10-9-12-5-2-3-7-15(12)21/h2-8,11H,9-10H2,1H3,(H,20,22). The molecule has 1 aliphatic heterocycles. The van der Waals surface area contributed by atoms with Gasteiger partial charge in [0.2, 0.25) is 5.43 Å². The monoisotopic (exact) mass is 320 g/mol. The summed E-state index contributed by atoms with van der Waals surface area (Å²) in [4.78, 5) is 30.4. The van der Waals surface area contributed by atoms with E-state index in [9.17, 15) is 9.59 Å². The summed E-state index contributed by atoms with van der Waals surface area (Å²) in [6.07, 6.45) is 2.29. The van der Waals surface area contributed by atoms with Crippen LogP contribution in [-0.2, 0) is 6.42 Å². The van der Waals surface area contributed by atoms with Gasteiger partial charge in [-0.15, -0.1) is 0 Å². The van der Waals surface area contributed by atoms with Crippen molar-refractivity contribution in [2.45, 2.75) is 6.42 Å². The predicted molar refractivity (Wildman–Crippen MR) is 92.9 cm³/mol. The zero-order chi connectivity index (χ0) is 16.7. The molecule has 2 aromatic carbocycles. The highest BCUT2D eigenvalue weighted by Gasteiger charge is 2.27. The van der Waals surface area contributed by atoms with Gasteiger partial charge in [0.1, 0.15) is 11.3 Å². The number of anilines is 1. The van der Waals surface area contributed by atoms with Crippen LogP contribution in [0.3, 0.4) is 0 Å². The van der Waals surface area contributed by atoms with Crippen LogP contribution in [0.1, 0.15) is 15.9 Å². The molecule has 0 unspecified atom stereocenters. The van der Waals surface area contributed by atoms with Crippen molar-refractivity contribution in [3.63, 3.8) is 0 Å². The number of ether oxygens (including phenoxy) is 1. The van der Waals surface area contributed by atoms with E-state index >= 15 is 0 Å². The van der Waals surface area contributed by atoms with Crippen molar-refractivity contribution in [1.82, 2.24) is 4.98 Å². The van der Waals surface area contributed by atoms with E-state index in [0.717, 1.165) is 17.7 Å². The molecule has 120 valence electrons. The minimum Gasteiger partial charge on any atom is -0.495 e. The maximum atomic E-state index is 12.9. The van der Waals surface area contributed by atoms with Gasteiger partial charge in [-0.05, 0) is 30.2 Å². The number of rotatable bonds is 2. The van der Waals surface area contributed by atoms with Gasteiger partial charge < -0.3 is 14.6 Å². The molecule has 0 spiro atoms. The lowest BCUT2D eigenvalue weighted by Crippen LogP contribution is -2.33. The number of nitrogens with zero attached hydrogens (tertiary/aromatic N) is 1. The van der Waals surface area contributed by atoms with E-state index in [2.05, 4.69) is 4.98 Å². The molecule has 0 fully saturated rings. The first-order valence-electron chi connectivity index (χ1n) is 7.79. The number of carbonyl (C=O) groups excluding carboxylic acids is 1. The van der Waals surface area contributed by atoms with Crippen molar-refractivity contribution in [3.8, 4) is 5.75 Å². The number of para-hydroxylation sites is 2. The number of carbonyl (C=O) groups is 1. The van der Waals surface area contributed by atoms with Crippen LogP contribution in [0.5, 0.6) is 5.75 Å². The second-order valence-corrected chi connectivity index (χ2v) is 5.75. The van der Waals surface area contributed by atoms with Gasteiger partial charge in [0.25, 0.3) is 5.91 Å². The number of amides is 1. The maximum absolute atomic E-state index is 12.9. The molecule has 5 nitrogen and oxygen atoms in total. The molecule has 1 amide bonds. The SMILES string of the molecule is COc1cccc2c(=O)c(C(=O)N3CCc4ccccc43)c[nH]c12. The number of fused-ring (bicyclic) bond motifs is 2. The summed E-state index contributed by atoms with van der Waals surface area (Å²) < 4.78 is 5.26. The molecule has 0 aliphatic carbocycles. The minimum absolute atomic E-state index is 0.146. The predicted octanol–water partition coefficient (Wildman–Crippen LogP) is 2.74. The van der Waals surface area contributed by atoms with Crippen molar-refractivity contribution in [2.24, 2.45) is 0 Å². The van der Waals surface area contributed by atoms with Gasteiger partial charge in [0, 0.05) is 18.4 Å². The summed E-state index contributed by atoms with van der Waals surface area (Å²) in [6, 6.07) is 13.0. The van der Waals surface area contributed by atoms with Gasteiger partial charge in [-0.2, -0.15) is 0 Å². The quantitative estimate of drug-likeness (QED) is 0.790. The average Bonchev–Trinajstić information content (AvgIpc) is 3.05. The molecule has 0 radical (unpaired) electrons. The summed E-state index contributed by atoms with van der Waals surface area (Å²) in [5.41, 5.74) is 2.48. The molecular weight excluding hydrogens is 304 g/mol. The Bertz CT molecular complexity index is 1010. The first kappa shape index (κ1) is 14.5. The fourth-order valence-electron chi connectivity index (χ4n) is 3.25. The summed E-state index contributed by atoms with van der Waals surface area (Å²) >= 11 is 0. The van der Waals surface area contributed by atoms with Crippen LogP contribution in [0.15, 0.2) is 53.5 Å². The van der Waals surface area contributed by atoms with Crippen LogP contribution >= 0.6 is 0 Å². The van der Waals surface area contributed by atoms with Gasteiger partial charge in [-0.1, -0.05) is 24.3 Å². The van der Waals surface area contributed by atoms with Gasteiger partial charge in [-0.25, -0.2) is 0 Å². The second-order valence-electron chi connectivity index (χ2n) is 5.75. The van der Waals surface area contributed by atoms with Gasteiger partial charge in [0.15, 0.2) is 0 Å². The van der Waals surface area contributed by atoms with Gasteiger partial charge >= 0.3 is 0 Å². The molecule has 2 heterocycles. The number of nitrogens with one attached hydrogen (secondary N) is 1. The fourth-order valence-corrected chi connectivity index (χ4v) is 3.25. The highest BCUT2D eigenvalue weighted by atomic mass is 16.5. The smallest absolute Gasteiger partial charge is 0.263 e. The highest BCUT2D eigenvalue weighted by Crippen LogP contribution is 2.29. The summed E-state index contributed by atoms with van der Waals surface area (Å²) in [7, 11) is 1.55. The molecule has 4 rings (SSSR count). The van der Waals surface area contributed by atoms with E-state index in [4.69, 9.17) is 4.74 Å². The Labute approximate surface area is 138 Å². The van der Waals surface area contributed by atoms with E-state index in [1.54, 1.807) is 30.2 Å². The Morgan fingerprint density at radius 1 is 1.17 bits per heavy atom. The van der Waals surface area contributed by atoms with Crippen LogP contribution < -0.4 is 15.1 Å². The molecular formula is C19H16N2O3. The number of aromatic amines is 1. The second kappa shape index (κ2) is 5.53. The number of hydrogen-bond donors (Lipinski definition) is 1. The lowest BCUT2D eigenvalue weighted by atomic mass is 10.1. The molecule has 0 saturated heterocycles.